The minimum Gasteiger partial charge on any atom is -0.323 e. The summed E-state index contributed by atoms with van der Waals surface area (Å²) in [5.41, 5.74) is 0.0341. The quantitative estimate of drug-likeness (QED) is 0.787. The Labute approximate surface area is 149 Å². The van der Waals surface area contributed by atoms with Crippen molar-refractivity contribution in [1.82, 2.24) is 9.62 Å². The molecule has 0 bridgehead atoms. The number of carbonyl (C=O) groups is 1. The summed E-state index contributed by atoms with van der Waals surface area (Å²) in [4.78, 5) is 13.9. The zero-order chi connectivity index (χ0) is 18.7. The summed E-state index contributed by atoms with van der Waals surface area (Å²) >= 11 is 0. The fourth-order valence-electron chi connectivity index (χ4n) is 2.66. The monoisotopic (exact) mass is 361 g/mol. The highest BCUT2D eigenvalue weighted by Crippen LogP contribution is 2.36. The number of likely N-dealkylation sites (N-methyl/N-ethyl adjacent to an activating group) is 1. The topological polar surface area (TPSA) is 90.3 Å². The summed E-state index contributed by atoms with van der Waals surface area (Å²) in [6, 6.07) is 8.33. The summed E-state index contributed by atoms with van der Waals surface area (Å²) in [5.74, 6) is -0.237. The lowest BCUT2D eigenvalue weighted by atomic mass is 9.76. The van der Waals surface area contributed by atoms with Gasteiger partial charge < -0.3 is 4.90 Å². The number of nitrogens with one attached hydrogen (secondary N) is 1. The molecule has 1 amide bonds. The van der Waals surface area contributed by atoms with Crippen molar-refractivity contribution < 1.29 is 13.2 Å². The molecule has 134 valence electrons. The molecule has 6 nitrogen and oxygen atoms in total. The van der Waals surface area contributed by atoms with Crippen molar-refractivity contribution in [1.29, 1.82) is 5.26 Å². The van der Waals surface area contributed by atoms with Gasteiger partial charge in [-0.3, -0.25) is 4.79 Å². The van der Waals surface area contributed by atoms with Gasteiger partial charge in [0.05, 0.1) is 11.0 Å². The molecule has 1 aromatic rings. The van der Waals surface area contributed by atoms with Gasteiger partial charge in [0.2, 0.25) is 15.9 Å². The first-order valence-electron chi connectivity index (χ1n) is 8.20. The predicted octanol–water partition coefficient (Wildman–Crippen LogP) is 2.29. The first-order chi connectivity index (χ1) is 11.7. The van der Waals surface area contributed by atoms with E-state index in [1.54, 1.807) is 39.1 Å². The Morgan fingerprint density at radius 1 is 1.32 bits per heavy atom. The van der Waals surface area contributed by atoms with E-state index in [1.165, 1.54) is 23.1 Å². The Morgan fingerprint density at radius 2 is 1.92 bits per heavy atom. The minimum atomic E-state index is -3.52. The first-order valence-corrected chi connectivity index (χ1v) is 9.68. The summed E-state index contributed by atoms with van der Waals surface area (Å²) in [5, 5.41) is 9.28. The van der Waals surface area contributed by atoms with Crippen molar-refractivity contribution in [3.63, 3.8) is 0 Å². The molecular formula is C18H23N3O3S. The zero-order valence-corrected chi connectivity index (χ0v) is 15.5. The summed E-state index contributed by atoms with van der Waals surface area (Å²) < 4.78 is 26.7. The fourth-order valence-corrected chi connectivity index (χ4v) is 3.91. The van der Waals surface area contributed by atoms with E-state index in [2.05, 4.69) is 10.8 Å². The second kappa shape index (κ2) is 7.38. The molecule has 1 aliphatic carbocycles. The van der Waals surface area contributed by atoms with Crippen molar-refractivity contribution in [2.75, 3.05) is 7.05 Å². The highest BCUT2D eigenvalue weighted by molar-refractivity contribution is 7.89. The number of nitrogens with zero attached hydrogens (tertiary/aromatic N) is 2. The van der Waals surface area contributed by atoms with Crippen LogP contribution in [0.3, 0.4) is 0 Å². The van der Waals surface area contributed by atoms with Crippen molar-refractivity contribution in [3.8, 4) is 6.07 Å². The number of sulfonamides is 1. The van der Waals surface area contributed by atoms with Gasteiger partial charge in [0.25, 0.3) is 0 Å². The summed E-state index contributed by atoms with van der Waals surface area (Å²) in [6.45, 7) is 3.51. The molecule has 2 rings (SSSR count). The number of carbonyl (C=O) groups excluding carboxylic acids is 1. The maximum atomic E-state index is 12.2. The van der Waals surface area contributed by atoms with Crippen molar-refractivity contribution >= 4 is 22.0 Å². The number of nitriles is 1. The van der Waals surface area contributed by atoms with Crippen molar-refractivity contribution in [2.24, 2.45) is 0 Å². The first kappa shape index (κ1) is 19.2. The second-order valence-corrected chi connectivity index (χ2v) is 8.29. The minimum absolute atomic E-state index is 0.180. The third kappa shape index (κ3) is 4.27. The Kier molecular flexibility index (Phi) is 5.65. The Hall–Kier alpha value is -2.17. The van der Waals surface area contributed by atoms with Gasteiger partial charge in [-0.25, -0.2) is 13.1 Å². The molecule has 0 spiro atoms. The molecule has 0 radical (unpaired) electrons. The van der Waals surface area contributed by atoms with Crippen LogP contribution in [0.1, 0.15) is 38.7 Å². The lowest BCUT2D eigenvalue weighted by Crippen LogP contribution is -2.52. The van der Waals surface area contributed by atoms with Gasteiger partial charge in [0.1, 0.15) is 5.54 Å². The zero-order valence-electron chi connectivity index (χ0n) is 14.7. The van der Waals surface area contributed by atoms with Crippen LogP contribution in [0.5, 0.6) is 0 Å². The molecule has 0 atom stereocenters. The van der Waals surface area contributed by atoms with E-state index in [9.17, 15) is 18.5 Å². The molecule has 1 N–H and O–H groups in total. The number of amides is 1. The third-order valence-electron chi connectivity index (χ3n) is 4.36. The van der Waals surface area contributed by atoms with Crippen molar-refractivity contribution in [2.45, 2.75) is 49.6 Å². The summed E-state index contributed by atoms with van der Waals surface area (Å²) in [6.07, 6.45) is 5.39. The second-order valence-electron chi connectivity index (χ2n) is 6.57. The molecule has 1 saturated carbocycles. The van der Waals surface area contributed by atoms with Crippen molar-refractivity contribution in [3.05, 3.63) is 35.9 Å². The average Bonchev–Trinajstić information content (AvgIpc) is 2.51. The highest BCUT2D eigenvalue weighted by atomic mass is 32.2. The van der Waals surface area contributed by atoms with E-state index < -0.39 is 15.6 Å². The Morgan fingerprint density at radius 3 is 2.36 bits per heavy atom. The van der Waals surface area contributed by atoms with E-state index in [-0.39, 0.29) is 16.8 Å². The van der Waals surface area contributed by atoms with E-state index in [0.29, 0.717) is 18.4 Å². The van der Waals surface area contributed by atoms with Gasteiger partial charge in [0, 0.05) is 19.2 Å². The maximum Gasteiger partial charge on any atom is 0.247 e. The van der Waals surface area contributed by atoms with Gasteiger partial charge in [-0.2, -0.15) is 5.26 Å². The highest BCUT2D eigenvalue weighted by Gasteiger charge is 2.42. The van der Waals surface area contributed by atoms with E-state index >= 15 is 0 Å². The van der Waals surface area contributed by atoms with Crippen LogP contribution in [0.4, 0.5) is 0 Å². The molecule has 7 heteroatoms. The molecule has 25 heavy (non-hydrogen) atoms. The molecular weight excluding hydrogens is 338 g/mol. The maximum absolute atomic E-state index is 12.2. The van der Waals surface area contributed by atoms with Crippen LogP contribution in [0, 0.1) is 11.3 Å². The van der Waals surface area contributed by atoms with Crippen LogP contribution < -0.4 is 4.72 Å². The van der Waals surface area contributed by atoms with Crippen LogP contribution >= 0.6 is 0 Å². The smallest absolute Gasteiger partial charge is 0.247 e. The number of hydrogen-bond donors (Lipinski definition) is 1. The van der Waals surface area contributed by atoms with Gasteiger partial charge >= 0.3 is 0 Å². The summed E-state index contributed by atoms with van der Waals surface area (Å²) in [7, 11) is -1.88. The van der Waals surface area contributed by atoms with Crippen LogP contribution in [-0.2, 0) is 14.8 Å². The number of rotatable bonds is 6. The van der Waals surface area contributed by atoms with Crippen LogP contribution in [0.15, 0.2) is 35.2 Å². The average molecular weight is 361 g/mol. The lowest BCUT2D eigenvalue weighted by Gasteiger charge is -2.42. The molecule has 1 fully saturated rings. The largest absolute Gasteiger partial charge is 0.323 e. The normalized spacial score (nSPS) is 16.4. The molecule has 0 saturated heterocycles. The number of hydrogen-bond acceptors (Lipinski definition) is 4. The molecule has 0 unspecified atom stereocenters. The SMILES string of the molecule is CC(C)NS(=O)(=O)c1ccc(/C=C/C(=O)N(C)C2(C#N)CCC2)cc1. The standard InChI is InChI=1S/C18H23N3O3S/c1-14(2)20-25(23,24)16-8-5-15(6-9-16)7-10-17(22)21(3)18(13-19)11-4-12-18/h5-10,14,20H,4,11-12H2,1-3H3/b10-7+. The van der Waals surface area contributed by atoms with Crippen LogP contribution in [0.25, 0.3) is 6.08 Å². The Balaban J connectivity index is 2.07. The van der Waals surface area contributed by atoms with Gasteiger partial charge in [-0.05, 0) is 56.9 Å². The number of benzene rings is 1. The van der Waals surface area contributed by atoms with Gasteiger partial charge in [-0.15, -0.1) is 0 Å². The van der Waals surface area contributed by atoms with Crippen LogP contribution in [-0.4, -0.2) is 37.9 Å². The third-order valence-corrected chi connectivity index (χ3v) is 6.04. The molecule has 0 aliphatic heterocycles. The molecule has 1 aliphatic rings. The van der Waals surface area contributed by atoms with E-state index in [0.717, 1.165) is 6.42 Å². The van der Waals surface area contributed by atoms with Gasteiger partial charge in [-0.1, -0.05) is 12.1 Å². The fraction of sp³-hybridized carbons (Fsp3) is 0.444. The van der Waals surface area contributed by atoms with E-state index in [1.807, 2.05) is 0 Å². The molecule has 0 aromatic heterocycles. The van der Waals surface area contributed by atoms with Crippen LogP contribution in [0.2, 0.25) is 0 Å². The predicted molar refractivity (Wildman–Crippen MR) is 95.9 cm³/mol. The van der Waals surface area contributed by atoms with E-state index in [4.69, 9.17) is 0 Å². The molecule has 1 aromatic carbocycles. The lowest BCUT2D eigenvalue weighted by molar-refractivity contribution is -0.130. The Bertz CT molecular complexity index is 801. The molecule has 0 heterocycles. The van der Waals surface area contributed by atoms with Gasteiger partial charge in [0.15, 0.2) is 0 Å².